The van der Waals surface area contributed by atoms with E-state index in [1.807, 2.05) is 17.5 Å². The highest BCUT2D eigenvalue weighted by Crippen LogP contribution is 2.25. The summed E-state index contributed by atoms with van der Waals surface area (Å²) in [5, 5.41) is 4.87. The molecule has 1 aromatic carbocycles. The number of anilines is 2. The number of nitrogens with zero attached hydrogens (tertiary/aromatic N) is 4. The largest absolute Gasteiger partial charge is 0.396 e. The Morgan fingerprint density at radius 1 is 1.15 bits per heavy atom. The SMILES string of the molecule is Cc1cccc(Cc2c(C)nc3c(N)cc(N4CCOCC4)nn23)c1C. The van der Waals surface area contributed by atoms with Gasteiger partial charge in [-0.1, -0.05) is 18.2 Å². The van der Waals surface area contributed by atoms with Gasteiger partial charge in [0.1, 0.15) is 0 Å². The Balaban J connectivity index is 1.80. The highest BCUT2D eigenvalue weighted by Gasteiger charge is 2.19. The van der Waals surface area contributed by atoms with E-state index in [-0.39, 0.29) is 0 Å². The van der Waals surface area contributed by atoms with Crippen LogP contribution in [0.25, 0.3) is 5.65 Å². The van der Waals surface area contributed by atoms with Gasteiger partial charge in [-0.15, -0.1) is 5.10 Å². The monoisotopic (exact) mass is 351 g/mol. The van der Waals surface area contributed by atoms with Crippen molar-refractivity contribution >= 4 is 17.2 Å². The quantitative estimate of drug-likeness (QED) is 0.786. The summed E-state index contributed by atoms with van der Waals surface area (Å²) in [5.41, 5.74) is 13.7. The number of rotatable bonds is 3. The molecule has 3 heterocycles. The fourth-order valence-electron chi connectivity index (χ4n) is 3.51. The van der Waals surface area contributed by atoms with E-state index in [9.17, 15) is 0 Å². The molecule has 1 fully saturated rings. The molecule has 0 atom stereocenters. The Morgan fingerprint density at radius 2 is 1.92 bits per heavy atom. The third-order valence-corrected chi connectivity index (χ3v) is 5.30. The fourth-order valence-corrected chi connectivity index (χ4v) is 3.51. The molecule has 4 rings (SSSR count). The van der Waals surface area contributed by atoms with Crippen molar-refractivity contribution < 1.29 is 4.74 Å². The van der Waals surface area contributed by atoms with Crippen LogP contribution in [0.3, 0.4) is 0 Å². The number of imidazole rings is 1. The minimum absolute atomic E-state index is 0.664. The lowest BCUT2D eigenvalue weighted by Crippen LogP contribution is -2.37. The van der Waals surface area contributed by atoms with Crippen LogP contribution in [0.1, 0.15) is 28.1 Å². The first-order valence-corrected chi connectivity index (χ1v) is 9.07. The first-order valence-electron chi connectivity index (χ1n) is 9.07. The number of nitrogen functional groups attached to an aromatic ring is 1. The average molecular weight is 351 g/mol. The van der Waals surface area contributed by atoms with Gasteiger partial charge >= 0.3 is 0 Å². The lowest BCUT2D eigenvalue weighted by atomic mass is 9.99. The molecule has 26 heavy (non-hydrogen) atoms. The summed E-state index contributed by atoms with van der Waals surface area (Å²) in [6.45, 7) is 9.45. The summed E-state index contributed by atoms with van der Waals surface area (Å²) < 4.78 is 7.38. The van der Waals surface area contributed by atoms with E-state index in [2.05, 4.69) is 41.9 Å². The van der Waals surface area contributed by atoms with Crippen LogP contribution in [0.4, 0.5) is 11.5 Å². The normalized spacial score (nSPS) is 15.0. The van der Waals surface area contributed by atoms with Crippen molar-refractivity contribution in [2.24, 2.45) is 0 Å². The Kier molecular flexibility index (Phi) is 4.28. The van der Waals surface area contributed by atoms with Gasteiger partial charge in [-0.05, 0) is 37.5 Å². The molecule has 0 spiro atoms. The highest BCUT2D eigenvalue weighted by molar-refractivity contribution is 5.69. The van der Waals surface area contributed by atoms with E-state index in [1.54, 1.807) is 0 Å². The Labute approximate surface area is 153 Å². The number of aryl methyl sites for hydroxylation is 2. The van der Waals surface area contributed by atoms with Crippen molar-refractivity contribution in [2.75, 3.05) is 36.9 Å². The fraction of sp³-hybridized carbons (Fsp3) is 0.400. The number of aromatic nitrogens is 3. The van der Waals surface area contributed by atoms with Gasteiger partial charge in [0.2, 0.25) is 0 Å². The minimum atomic E-state index is 0.664. The molecular weight excluding hydrogens is 326 g/mol. The van der Waals surface area contributed by atoms with E-state index in [1.165, 1.54) is 16.7 Å². The van der Waals surface area contributed by atoms with Gasteiger partial charge in [-0.25, -0.2) is 9.50 Å². The highest BCUT2D eigenvalue weighted by atomic mass is 16.5. The van der Waals surface area contributed by atoms with Gasteiger partial charge in [-0.2, -0.15) is 0 Å². The molecular formula is C20H25N5O. The molecule has 0 saturated carbocycles. The van der Waals surface area contributed by atoms with E-state index < -0.39 is 0 Å². The lowest BCUT2D eigenvalue weighted by Gasteiger charge is -2.27. The second kappa shape index (κ2) is 6.61. The van der Waals surface area contributed by atoms with E-state index in [0.29, 0.717) is 5.69 Å². The number of hydrogen-bond donors (Lipinski definition) is 1. The Morgan fingerprint density at radius 3 is 2.69 bits per heavy atom. The topological polar surface area (TPSA) is 68.7 Å². The molecule has 1 aliphatic rings. The molecule has 0 amide bonds. The average Bonchev–Trinajstić information content (AvgIpc) is 2.96. The van der Waals surface area contributed by atoms with Gasteiger partial charge in [-0.3, -0.25) is 0 Å². The summed E-state index contributed by atoms with van der Waals surface area (Å²) in [6, 6.07) is 8.36. The number of fused-ring (bicyclic) bond motifs is 1. The summed E-state index contributed by atoms with van der Waals surface area (Å²) in [5.74, 6) is 0.887. The summed E-state index contributed by atoms with van der Waals surface area (Å²) in [6.07, 6.45) is 0.791. The van der Waals surface area contributed by atoms with Crippen LogP contribution in [0, 0.1) is 20.8 Å². The van der Waals surface area contributed by atoms with Gasteiger partial charge < -0.3 is 15.4 Å². The van der Waals surface area contributed by atoms with Crippen LogP contribution in [-0.2, 0) is 11.2 Å². The third-order valence-electron chi connectivity index (χ3n) is 5.30. The summed E-state index contributed by atoms with van der Waals surface area (Å²) >= 11 is 0. The van der Waals surface area contributed by atoms with Gasteiger partial charge in [0, 0.05) is 25.6 Å². The lowest BCUT2D eigenvalue weighted by molar-refractivity contribution is 0.122. The molecule has 2 aromatic heterocycles. The van der Waals surface area contributed by atoms with Gasteiger partial charge in [0.25, 0.3) is 0 Å². The second-order valence-electron chi connectivity index (χ2n) is 6.97. The van der Waals surface area contributed by atoms with Crippen LogP contribution in [-0.4, -0.2) is 40.9 Å². The number of ether oxygens (including phenoxy) is 1. The number of benzene rings is 1. The molecule has 0 bridgehead atoms. The Hall–Kier alpha value is -2.60. The van der Waals surface area contributed by atoms with E-state index >= 15 is 0 Å². The molecule has 6 heteroatoms. The zero-order valence-corrected chi connectivity index (χ0v) is 15.6. The van der Waals surface area contributed by atoms with Crippen LogP contribution < -0.4 is 10.6 Å². The molecule has 1 aliphatic heterocycles. The zero-order chi connectivity index (χ0) is 18.3. The Bertz CT molecular complexity index is 956. The molecule has 0 unspecified atom stereocenters. The molecule has 0 radical (unpaired) electrons. The van der Waals surface area contributed by atoms with Crippen LogP contribution in [0.2, 0.25) is 0 Å². The molecule has 2 N–H and O–H groups in total. The molecule has 136 valence electrons. The van der Waals surface area contributed by atoms with Crippen LogP contribution in [0.15, 0.2) is 24.3 Å². The predicted molar refractivity (Wildman–Crippen MR) is 104 cm³/mol. The van der Waals surface area contributed by atoms with Crippen LogP contribution in [0.5, 0.6) is 0 Å². The van der Waals surface area contributed by atoms with Crippen molar-refractivity contribution in [3.63, 3.8) is 0 Å². The van der Waals surface area contributed by atoms with Crippen molar-refractivity contribution in [1.82, 2.24) is 14.6 Å². The maximum Gasteiger partial charge on any atom is 0.177 e. The first-order chi connectivity index (χ1) is 12.5. The standard InChI is InChI=1S/C20H25N5O/c1-13-5-4-6-16(14(13)2)11-18-15(3)22-20-17(21)12-19(23-25(18)20)24-7-9-26-10-8-24/h4-6,12H,7-11,21H2,1-3H3. The second-order valence-corrected chi connectivity index (χ2v) is 6.97. The molecule has 1 saturated heterocycles. The maximum atomic E-state index is 6.31. The predicted octanol–water partition coefficient (Wildman–Crippen LogP) is 2.66. The van der Waals surface area contributed by atoms with Gasteiger partial charge in [0.05, 0.1) is 30.3 Å². The minimum Gasteiger partial charge on any atom is -0.396 e. The molecule has 6 nitrogen and oxygen atoms in total. The summed E-state index contributed by atoms with van der Waals surface area (Å²) in [7, 11) is 0. The first kappa shape index (κ1) is 16.8. The number of morpholine rings is 1. The van der Waals surface area contributed by atoms with Gasteiger partial charge in [0.15, 0.2) is 11.5 Å². The van der Waals surface area contributed by atoms with Crippen LogP contribution >= 0.6 is 0 Å². The number of nitrogens with two attached hydrogens (primary N) is 1. The van der Waals surface area contributed by atoms with Crippen molar-refractivity contribution in [3.8, 4) is 0 Å². The van der Waals surface area contributed by atoms with E-state index in [0.717, 1.165) is 55.6 Å². The maximum absolute atomic E-state index is 6.31. The molecule has 3 aromatic rings. The van der Waals surface area contributed by atoms with Crippen molar-refractivity contribution in [3.05, 3.63) is 52.3 Å². The zero-order valence-electron chi connectivity index (χ0n) is 15.6. The van der Waals surface area contributed by atoms with E-state index in [4.69, 9.17) is 15.6 Å². The summed E-state index contributed by atoms with van der Waals surface area (Å²) in [4.78, 5) is 6.90. The van der Waals surface area contributed by atoms with Crippen molar-refractivity contribution in [1.29, 1.82) is 0 Å². The van der Waals surface area contributed by atoms with Crippen molar-refractivity contribution in [2.45, 2.75) is 27.2 Å². The molecule has 0 aliphatic carbocycles. The third kappa shape index (κ3) is 2.90. The number of hydrogen-bond acceptors (Lipinski definition) is 5. The smallest absolute Gasteiger partial charge is 0.177 e.